The van der Waals surface area contributed by atoms with Gasteiger partial charge in [-0.05, 0) is 53.7 Å². The number of hydrogen-bond donors (Lipinski definition) is 2. The van der Waals surface area contributed by atoms with Gasteiger partial charge >= 0.3 is 0 Å². The summed E-state index contributed by atoms with van der Waals surface area (Å²) < 4.78 is 1.59. The Morgan fingerprint density at radius 2 is 2.00 bits per heavy atom. The van der Waals surface area contributed by atoms with Gasteiger partial charge in [0.25, 0.3) is 5.91 Å². The molecule has 0 aliphatic heterocycles. The third-order valence-corrected chi connectivity index (χ3v) is 3.55. The number of carbonyl (C=O) groups excluding carboxylic acids is 1. The Labute approximate surface area is 135 Å². The highest BCUT2D eigenvalue weighted by atomic mass is 16.1. The first-order valence-corrected chi connectivity index (χ1v) is 7.18. The van der Waals surface area contributed by atoms with Crippen LogP contribution < -0.4 is 5.32 Å². The molecule has 0 saturated carbocycles. The van der Waals surface area contributed by atoms with Crippen molar-refractivity contribution in [3.8, 4) is 5.69 Å². The van der Waals surface area contributed by atoms with Gasteiger partial charge in [-0.2, -0.15) is 20.1 Å². The minimum absolute atomic E-state index is 0.231. The monoisotopic (exact) mass is 320 g/mol. The summed E-state index contributed by atoms with van der Waals surface area (Å²) in [6, 6.07) is 12.4. The number of aromatic amines is 1. The van der Waals surface area contributed by atoms with Crippen LogP contribution in [0.2, 0.25) is 0 Å². The first-order chi connectivity index (χ1) is 11.7. The van der Waals surface area contributed by atoms with Crippen molar-refractivity contribution < 1.29 is 4.79 Å². The van der Waals surface area contributed by atoms with E-state index in [-0.39, 0.29) is 5.91 Å². The van der Waals surface area contributed by atoms with Crippen molar-refractivity contribution >= 4 is 22.6 Å². The van der Waals surface area contributed by atoms with E-state index in [1.807, 2.05) is 12.1 Å². The summed E-state index contributed by atoms with van der Waals surface area (Å²) in [5, 5.41) is 24.7. The molecule has 24 heavy (non-hydrogen) atoms. The van der Waals surface area contributed by atoms with Gasteiger partial charge in [-0.3, -0.25) is 4.79 Å². The van der Waals surface area contributed by atoms with Gasteiger partial charge in [0, 0.05) is 11.3 Å². The fourth-order valence-electron chi connectivity index (χ4n) is 2.37. The number of anilines is 1. The van der Waals surface area contributed by atoms with Crippen molar-refractivity contribution in [1.29, 1.82) is 0 Å². The van der Waals surface area contributed by atoms with Crippen molar-refractivity contribution in [3.63, 3.8) is 0 Å². The molecule has 2 aromatic carbocycles. The molecule has 0 aliphatic carbocycles. The fourth-order valence-corrected chi connectivity index (χ4v) is 2.37. The van der Waals surface area contributed by atoms with Gasteiger partial charge in [-0.1, -0.05) is 6.07 Å². The third kappa shape index (κ3) is 2.47. The van der Waals surface area contributed by atoms with Gasteiger partial charge in [0.05, 0.1) is 5.69 Å². The lowest BCUT2D eigenvalue weighted by atomic mass is 10.2. The Hall–Kier alpha value is -3.62. The highest BCUT2D eigenvalue weighted by Crippen LogP contribution is 2.17. The summed E-state index contributed by atoms with van der Waals surface area (Å²) in [5.74, 6) is 0.431. The molecule has 118 valence electrons. The zero-order valence-electron chi connectivity index (χ0n) is 12.6. The molecule has 0 bridgehead atoms. The number of amides is 1. The normalized spacial score (nSPS) is 10.9. The van der Waals surface area contributed by atoms with Gasteiger partial charge in [-0.15, -0.1) is 5.10 Å². The van der Waals surface area contributed by atoms with Crippen molar-refractivity contribution in [2.75, 3.05) is 5.32 Å². The molecule has 1 amide bonds. The number of tetrazole rings is 1. The molecule has 0 saturated heterocycles. The molecule has 0 unspecified atom stereocenters. The highest BCUT2D eigenvalue weighted by Gasteiger charge is 2.10. The molecular weight excluding hydrogens is 308 g/mol. The number of nitrogens with zero attached hydrogens (tertiary/aromatic N) is 6. The SMILES string of the molecule is Cc1nnnn1-c1cccc(NC(=O)c2ccc3n[nH]nc3c2)c1. The molecule has 0 spiro atoms. The quantitative estimate of drug-likeness (QED) is 0.591. The van der Waals surface area contributed by atoms with Crippen LogP contribution in [0.5, 0.6) is 0 Å². The average molecular weight is 320 g/mol. The highest BCUT2D eigenvalue weighted by molar-refractivity contribution is 6.05. The topological polar surface area (TPSA) is 114 Å². The van der Waals surface area contributed by atoms with Crippen LogP contribution in [0, 0.1) is 6.92 Å². The number of nitrogens with one attached hydrogen (secondary N) is 2. The standard InChI is InChI=1S/C15H12N8O/c1-9-17-21-22-23(9)12-4-2-3-11(8-12)16-15(24)10-5-6-13-14(7-10)19-20-18-13/h2-8H,1H3,(H,16,24)(H,18,19,20). The van der Waals surface area contributed by atoms with Crippen LogP contribution >= 0.6 is 0 Å². The summed E-state index contributed by atoms with van der Waals surface area (Å²) in [7, 11) is 0. The van der Waals surface area contributed by atoms with E-state index in [0.29, 0.717) is 28.1 Å². The van der Waals surface area contributed by atoms with E-state index in [9.17, 15) is 4.79 Å². The number of H-pyrrole nitrogens is 1. The molecule has 2 heterocycles. The fraction of sp³-hybridized carbons (Fsp3) is 0.0667. The van der Waals surface area contributed by atoms with Crippen LogP contribution in [-0.2, 0) is 0 Å². The smallest absolute Gasteiger partial charge is 0.255 e. The third-order valence-electron chi connectivity index (χ3n) is 3.55. The number of aromatic nitrogens is 7. The van der Waals surface area contributed by atoms with E-state index >= 15 is 0 Å². The Bertz CT molecular complexity index is 1030. The zero-order chi connectivity index (χ0) is 16.5. The second-order valence-corrected chi connectivity index (χ2v) is 5.17. The lowest BCUT2D eigenvalue weighted by Crippen LogP contribution is -2.12. The van der Waals surface area contributed by atoms with Crippen molar-refractivity contribution in [2.45, 2.75) is 6.92 Å². The number of rotatable bonds is 3. The molecular formula is C15H12N8O. The molecule has 4 aromatic rings. The number of aryl methyl sites for hydroxylation is 1. The van der Waals surface area contributed by atoms with Crippen LogP contribution in [-0.4, -0.2) is 41.5 Å². The van der Waals surface area contributed by atoms with Gasteiger partial charge < -0.3 is 5.32 Å². The Kier molecular flexibility index (Phi) is 3.23. The first kappa shape index (κ1) is 14.0. The van der Waals surface area contributed by atoms with Gasteiger partial charge in [-0.25, -0.2) is 0 Å². The van der Waals surface area contributed by atoms with Crippen LogP contribution in [0.3, 0.4) is 0 Å². The minimum Gasteiger partial charge on any atom is -0.322 e. The predicted octanol–water partition coefficient (Wildman–Crippen LogP) is 1.49. The average Bonchev–Trinajstić information content (AvgIpc) is 3.22. The summed E-state index contributed by atoms with van der Waals surface area (Å²) in [6.07, 6.45) is 0. The number of fused-ring (bicyclic) bond motifs is 1. The molecule has 9 heteroatoms. The second kappa shape index (κ2) is 5.54. The lowest BCUT2D eigenvalue weighted by molar-refractivity contribution is 0.102. The predicted molar refractivity (Wildman–Crippen MR) is 85.7 cm³/mol. The van der Waals surface area contributed by atoms with E-state index in [1.54, 1.807) is 41.9 Å². The van der Waals surface area contributed by atoms with E-state index < -0.39 is 0 Å². The largest absolute Gasteiger partial charge is 0.322 e. The van der Waals surface area contributed by atoms with Gasteiger partial charge in [0.1, 0.15) is 11.0 Å². The molecule has 0 atom stereocenters. The number of hydrogen-bond acceptors (Lipinski definition) is 6. The van der Waals surface area contributed by atoms with Gasteiger partial charge in [0.2, 0.25) is 0 Å². The summed E-state index contributed by atoms with van der Waals surface area (Å²) in [6.45, 7) is 1.80. The van der Waals surface area contributed by atoms with E-state index in [1.165, 1.54) is 0 Å². The first-order valence-electron chi connectivity index (χ1n) is 7.18. The van der Waals surface area contributed by atoms with E-state index in [4.69, 9.17) is 0 Å². The summed E-state index contributed by atoms with van der Waals surface area (Å²) in [4.78, 5) is 12.4. The van der Waals surface area contributed by atoms with Crippen molar-refractivity contribution in [2.24, 2.45) is 0 Å². The van der Waals surface area contributed by atoms with Gasteiger partial charge in [0.15, 0.2) is 5.82 Å². The van der Waals surface area contributed by atoms with Crippen LogP contribution in [0.4, 0.5) is 5.69 Å². The molecule has 9 nitrogen and oxygen atoms in total. The molecule has 0 aliphatic rings. The van der Waals surface area contributed by atoms with Crippen LogP contribution in [0.25, 0.3) is 16.7 Å². The van der Waals surface area contributed by atoms with E-state index in [2.05, 4.69) is 36.3 Å². The van der Waals surface area contributed by atoms with Crippen molar-refractivity contribution in [1.82, 2.24) is 35.6 Å². The summed E-state index contributed by atoms with van der Waals surface area (Å²) in [5.41, 5.74) is 3.26. The zero-order valence-corrected chi connectivity index (χ0v) is 12.6. The van der Waals surface area contributed by atoms with Crippen molar-refractivity contribution in [3.05, 3.63) is 53.9 Å². The lowest BCUT2D eigenvalue weighted by Gasteiger charge is -2.08. The van der Waals surface area contributed by atoms with E-state index in [0.717, 1.165) is 5.69 Å². The second-order valence-electron chi connectivity index (χ2n) is 5.17. The minimum atomic E-state index is -0.231. The molecule has 4 rings (SSSR count). The number of carbonyl (C=O) groups is 1. The summed E-state index contributed by atoms with van der Waals surface area (Å²) >= 11 is 0. The molecule has 0 fully saturated rings. The van der Waals surface area contributed by atoms with Crippen LogP contribution in [0.15, 0.2) is 42.5 Å². The molecule has 2 N–H and O–H groups in total. The maximum atomic E-state index is 12.4. The Morgan fingerprint density at radius 3 is 2.83 bits per heavy atom. The Morgan fingerprint density at radius 1 is 1.12 bits per heavy atom. The maximum absolute atomic E-state index is 12.4. The molecule has 0 radical (unpaired) electrons. The van der Waals surface area contributed by atoms with Crippen LogP contribution in [0.1, 0.15) is 16.2 Å². The Balaban J connectivity index is 1.60. The number of benzene rings is 2. The molecule has 2 aromatic heterocycles. The maximum Gasteiger partial charge on any atom is 0.255 e.